The summed E-state index contributed by atoms with van der Waals surface area (Å²) >= 11 is 0. The molecule has 0 bridgehead atoms. The Bertz CT molecular complexity index is 330. The highest BCUT2D eigenvalue weighted by molar-refractivity contribution is 5.39. The maximum atomic E-state index is 6.15. The highest BCUT2D eigenvalue weighted by Gasteiger charge is 2.25. The van der Waals surface area contributed by atoms with Gasteiger partial charge in [-0.2, -0.15) is 0 Å². The number of rotatable bonds is 1. The van der Waals surface area contributed by atoms with Gasteiger partial charge in [-0.1, -0.05) is 25.1 Å². The van der Waals surface area contributed by atoms with Gasteiger partial charge in [-0.05, 0) is 48.8 Å². The molecule has 14 heavy (non-hydrogen) atoms. The van der Waals surface area contributed by atoms with E-state index < -0.39 is 0 Å². The Balaban J connectivity index is 2.46. The van der Waals surface area contributed by atoms with Crippen LogP contribution in [0.2, 0.25) is 0 Å². The third-order valence-electron chi connectivity index (χ3n) is 3.53. The Morgan fingerprint density at radius 3 is 2.93 bits per heavy atom. The summed E-state index contributed by atoms with van der Waals surface area (Å²) in [5.41, 5.74) is 10.7. The van der Waals surface area contributed by atoms with Gasteiger partial charge in [0, 0.05) is 6.04 Å². The molecular weight excluding hydrogens is 170 g/mol. The van der Waals surface area contributed by atoms with E-state index in [1.807, 2.05) is 0 Å². The Morgan fingerprint density at radius 2 is 2.21 bits per heavy atom. The smallest absolute Gasteiger partial charge is 0.0111 e. The first-order chi connectivity index (χ1) is 6.74. The van der Waals surface area contributed by atoms with E-state index in [9.17, 15) is 0 Å². The highest BCUT2D eigenvalue weighted by atomic mass is 14.7. The van der Waals surface area contributed by atoms with Crippen LogP contribution >= 0.6 is 0 Å². The number of fused-ring (bicyclic) bond motifs is 1. The molecule has 0 heterocycles. The average molecular weight is 189 g/mol. The van der Waals surface area contributed by atoms with Gasteiger partial charge in [0.2, 0.25) is 0 Å². The Kier molecular flexibility index (Phi) is 2.60. The SMILES string of the molecule is CCC1c2cccc(C)c2CCC1N. The van der Waals surface area contributed by atoms with Gasteiger partial charge in [0.15, 0.2) is 0 Å². The van der Waals surface area contributed by atoms with Gasteiger partial charge in [-0.15, -0.1) is 0 Å². The van der Waals surface area contributed by atoms with Crippen LogP contribution in [0.5, 0.6) is 0 Å². The molecule has 2 rings (SSSR count). The minimum Gasteiger partial charge on any atom is -0.327 e. The van der Waals surface area contributed by atoms with E-state index in [-0.39, 0.29) is 0 Å². The number of aryl methyl sites for hydroxylation is 1. The minimum atomic E-state index is 0.370. The van der Waals surface area contributed by atoms with Crippen LogP contribution in [0.3, 0.4) is 0 Å². The minimum absolute atomic E-state index is 0.370. The first-order valence-electron chi connectivity index (χ1n) is 5.58. The molecule has 2 N–H and O–H groups in total. The van der Waals surface area contributed by atoms with Crippen LogP contribution in [0.15, 0.2) is 18.2 Å². The van der Waals surface area contributed by atoms with Crippen LogP contribution in [0.1, 0.15) is 42.4 Å². The molecule has 0 saturated heterocycles. The van der Waals surface area contributed by atoms with E-state index >= 15 is 0 Å². The maximum Gasteiger partial charge on any atom is 0.0111 e. The first-order valence-corrected chi connectivity index (χ1v) is 5.58. The molecule has 1 aromatic carbocycles. The summed E-state index contributed by atoms with van der Waals surface area (Å²) in [6, 6.07) is 7.00. The monoisotopic (exact) mass is 189 g/mol. The molecule has 2 unspecified atom stereocenters. The summed E-state index contributed by atoms with van der Waals surface area (Å²) in [5, 5.41) is 0. The molecule has 0 spiro atoms. The van der Waals surface area contributed by atoms with Crippen LogP contribution in [0, 0.1) is 6.92 Å². The number of nitrogens with two attached hydrogens (primary N) is 1. The van der Waals surface area contributed by atoms with Crippen molar-refractivity contribution in [3.63, 3.8) is 0 Å². The summed E-state index contributed by atoms with van der Waals surface area (Å²) in [7, 11) is 0. The molecule has 2 atom stereocenters. The van der Waals surface area contributed by atoms with E-state index in [0.717, 1.165) is 12.8 Å². The standard InChI is InChI=1S/C13H19N/c1-3-10-12-6-4-5-9(2)11(12)7-8-13(10)14/h4-6,10,13H,3,7-8,14H2,1-2H3. The lowest BCUT2D eigenvalue weighted by Crippen LogP contribution is -2.33. The van der Waals surface area contributed by atoms with Crippen LogP contribution in [0.4, 0.5) is 0 Å². The van der Waals surface area contributed by atoms with Crippen LogP contribution in [-0.4, -0.2) is 6.04 Å². The zero-order valence-corrected chi connectivity index (χ0v) is 9.09. The molecule has 0 aromatic heterocycles. The molecule has 0 radical (unpaired) electrons. The molecule has 1 heteroatoms. The van der Waals surface area contributed by atoms with Crippen LogP contribution in [0.25, 0.3) is 0 Å². The molecule has 76 valence electrons. The van der Waals surface area contributed by atoms with Gasteiger partial charge in [0.25, 0.3) is 0 Å². The van der Waals surface area contributed by atoms with Crippen molar-refractivity contribution in [3.8, 4) is 0 Å². The summed E-state index contributed by atoms with van der Waals surface area (Å²) in [5.74, 6) is 0.582. The second-order valence-electron chi connectivity index (χ2n) is 4.36. The van der Waals surface area contributed by atoms with Crippen molar-refractivity contribution in [1.29, 1.82) is 0 Å². The third-order valence-corrected chi connectivity index (χ3v) is 3.53. The molecule has 1 nitrogen and oxygen atoms in total. The predicted octanol–water partition coefficient (Wildman–Crippen LogP) is 2.76. The zero-order chi connectivity index (χ0) is 10.1. The van der Waals surface area contributed by atoms with E-state index in [2.05, 4.69) is 32.0 Å². The van der Waals surface area contributed by atoms with E-state index in [1.165, 1.54) is 17.5 Å². The lowest BCUT2D eigenvalue weighted by Gasteiger charge is -2.31. The quantitative estimate of drug-likeness (QED) is 0.722. The highest BCUT2D eigenvalue weighted by Crippen LogP contribution is 2.34. The van der Waals surface area contributed by atoms with Crippen molar-refractivity contribution in [2.24, 2.45) is 5.73 Å². The topological polar surface area (TPSA) is 26.0 Å². The van der Waals surface area contributed by atoms with E-state index in [1.54, 1.807) is 5.56 Å². The summed E-state index contributed by atoms with van der Waals surface area (Å²) in [4.78, 5) is 0. The fraction of sp³-hybridized carbons (Fsp3) is 0.538. The summed E-state index contributed by atoms with van der Waals surface area (Å²) in [6.07, 6.45) is 3.48. The maximum absolute atomic E-state index is 6.15. The molecule has 0 aliphatic heterocycles. The van der Waals surface area contributed by atoms with Crippen molar-refractivity contribution >= 4 is 0 Å². The van der Waals surface area contributed by atoms with Crippen LogP contribution in [-0.2, 0) is 6.42 Å². The zero-order valence-electron chi connectivity index (χ0n) is 9.09. The molecule has 0 saturated carbocycles. The van der Waals surface area contributed by atoms with Gasteiger partial charge >= 0.3 is 0 Å². The Labute approximate surface area is 86.3 Å². The Morgan fingerprint density at radius 1 is 1.43 bits per heavy atom. The van der Waals surface area contributed by atoms with Crippen LogP contribution < -0.4 is 5.73 Å². The first kappa shape index (κ1) is 9.72. The van der Waals surface area contributed by atoms with Crippen molar-refractivity contribution in [2.75, 3.05) is 0 Å². The van der Waals surface area contributed by atoms with Gasteiger partial charge in [0.1, 0.15) is 0 Å². The molecule has 0 amide bonds. The lowest BCUT2D eigenvalue weighted by molar-refractivity contribution is 0.459. The fourth-order valence-corrected chi connectivity index (χ4v) is 2.68. The van der Waals surface area contributed by atoms with E-state index in [4.69, 9.17) is 5.73 Å². The summed E-state index contributed by atoms with van der Waals surface area (Å²) in [6.45, 7) is 4.45. The van der Waals surface area contributed by atoms with Crippen molar-refractivity contribution in [1.82, 2.24) is 0 Å². The normalized spacial score (nSPS) is 25.9. The number of hydrogen-bond donors (Lipinski definition) is 1. The van der Waals surface area contributed by atoms with Gasteiger partial charge < -0.3 is 5.73 Å². The van der Waals surface area contributed by atoms with Crippen molar-refractivity contribution in [2.45, 2.75) is 45.1 Å². The predicted molar refractivity (Wildman–Crippen MR) is 60.5 cm³/mol. The van der Waals surface area contributed by atoms with Gasteiger partial charge in [-0.25, -0.2) is 0 Å². The van der Waals surface area contributed by atoms with Crippen molar-refractivity contribution in [3.05, 3.63) is 34.9 Å². The second-order valence-corrected chi connectivity index (χ2v) is 4.36. The molecule has 0 fully saturated rings. The molecular formula is C13H19N. The molecule has 1 aliphatic rings. The van der Waals surface area contributed by atoms with Gasteiger partial charge in [-0.3, -0.25) is 0 Å². The third kappa shape index (κ3) is 1.46. The van der Waals surface area contributed by atoms with Crippen molar-refractivity contribution < 1.29 is 0 Å². The number of benzene rings is 1. The number of hydrogen-bond acceptors (Lipinski definition) is 1. The second kappa shape index (κ2) is 3.74. The molecule has 1 aromatic rings. The lowest BCUT2D eigenvalue weighted by atomic mass is 9.77. The Hall–Kier alpha value is -0.820. The van der Waals surface area contributed by atoms with Gasteiger partial charge in [0.05, 0.1) is 0 Å². The fourth-order valence-electron chi connectivity index (χ4n) is 2.68. The van der Waals surface area contributed by atoms with E-state index in [0.29, 0.717) is 12.0 Å². The average Bonchev–Trinajstić information content (AvgIpc) is 2.18. The summed E-state index contributed by atoms with van der Waals surface area (Å²) < 4.78 is 0. The largest absolute Gasteiger partial charge is 0.327 e. The molecule has 1 aliphatic carbocycles.